The van der Waals surface area contributed by atoms with Crippen molar-refractivity contribution in [3.63, 3.8) is 0 Å². The second-order valence-electron chi connectivity index (χ2n) is 7.50. The van der Waals surface area contributed by atoms with E-state index in [4.69, 9.17) is 16.6 Å². The summed E-state index contributed by atoms with van der Waals surface area (Å²) in [6.07, 6.45) is 7.53. The summed E-state index contributed by atoms with van der Waals surface area (Å²) < 4.78 is 0. The second kappa shape index (κ2) is 7.02. The first-order valence-corrected chi connectivity index (χ1v) is 9.90. The lowest BCUT2D eigenvalue weighted by atomic mass is 10.1. The maximum atomic E-state index is 6.08. The molecule has 136 valence electrons. The lowest BCUT2D eigenvalue weighted by Gasteiger charge is -2.28. The van der Waals surface area contributed by atoms with Crippen LogP contribution in [0.5, 0.6) is 0 Å². The Morgan fingerprint density at radius 1 is 1.07 bits per heavy atom. The molecular formula is C22H21ClN4. The van der Waals surface area contributed by atoms with Gasteiger partial charge in [-0.25, -0.2) is 9.97 Å². The van der Waals surface area contributed by atoms with Crippen LogP contribution in [0.15, 0.2) is 48.8 Å². The van der Waals surface area contributed by atoms with E-state index in [2.05, 4.69) is 27.0 Å². The minimum Gasteiger partial charge on any atom is -0.294 e. The van der Waals surface area contributed by atoms with Gasteiger partial charge in [0.05, 0.1) is 5.69 Å². The third kappa shape index (κ3) is 3.73. The SMILES string of the molecule is Clc1cccc(-c2ccc(CN3CCc4nc(C5CC5)ncc4C3)cn2)c1. The zero-order valence-electron chi connectivity index (χ0n) is 15.1. The minimum atomic E-state index is 0.623. The molecule has 0 bridgehead atoms. The monoisotopic (exact) mass is 376 g/mol. The maximum Gasteiger partial charge on any atom is 0.131 e. The van der Waals surface area contributed by atoms with Crippen molar-refractivity contribution in [2.75, 3.05) is 6.54 Å². The van der Waals surface area contributed by atoms with Crippen molar-refractivity contribution in [1.29, 1.82) is 0 Å². The molecule has 3 heterocycles. The normalized spacial score (nSPS) is 16.9. The molecule has 5 rings (SSSR count). The highest BCUT2D eigenvalue weighted by molar-refractivity contribution is 6.30. The number of fused-ring (bicyclic) bond motifs is 1. The van der Waals surface area contributed by atoms with Crippen LogP contribution >= 0.6 is 11.6 Å². The van der Waals surface area contributed by atoms with Gasteiger partial charge in [-0.15, -0.1) is 0 Å². The Kier molecular flexibility index (Phi) is 4.38. The highest BCUT2D eigenvalue weighted by Gasteiger charge is 2.28. The number of halogens is 1. The number of pyridine rings is 1. The van der Waals surface area contributed by atoms with Crippen LogP contribution in [0, 0.1) is 0 Å². The fourth-order valence-electron chi connectivity index (χ4n) is 3.66. The van der Waals surface area contributed by atoms with E-state index in [0.717, 1.165) is 48.2 Å². The van der Waals surface area contributed by atoms with Gasteiger partial charge >= 0.3 is 0 Å². The van der Waals surface area contributed by atoms with E-state index in [1.54, 1.807) is 0 Å². The van der Waals surface area contributed by atoms with Crippen molar-refractivity contribution < 1.29 is 0 Å². The Balaban J connectivity index is 1.27. The Morgan fingerprint density at radius 2 is 2.00 bits per heavy atom. The first-order valence-electron chi connectivity index (χ1n) is 9.52. The summed E-state index contributed by atoms with van der Waals surface area (Å²) in [6.45, 7) is 2.84. The van der Waals surface area contributed by atoms with Crippen LogP contribution in [0.2, 0.25) is 5.02 Å². The van der Waals surface area contributed by atoms with Crippen LogP contribution in [0.4, 0.5) is 0 Å². The molecule has 27 heavy (non-hydrogen) atoms. The first-order chi connectivity index (χ1) is 13.2. The fourth-order valence-corrected chi connectivity index (χ4v) is 3.85. The van der Waals surface area contributed by atoms with Gasteiger partial charge in [0.15, 0.2) is 0 Å². The molecule has 0 radical (unpaired) electrons. The summed E-state index contributed by atoms with van der Waals surface area (Å²) in [5, 5.41) is 0.734. The smallest absolute Gasteiger partial charge is 0.131 e. The van der Waals surface area contributed by atoms with Gasteiger partial charge in [0.1, 0.15) is 5.82 Å². The third-order valence-electron chi connectivity index (χ3n) is 5.33. The summed E-state index contributed by atoms with van der Waals surface area (Å²) in [6, 6.07) is 12.0. The molecule has 0 N–H and O–H groups in total. The molecule has 1 saturated carbocycles. The van der Waals surface area contributed by atoms with Gasteiger partial charge in [-0.3, -0.25) is 9.88 Å². The molecule has 3 aromatic rings. The molecule has 0 atom stereocenters. The van der Waals surface area contributed by atoms with Crippen molar-refractivity contribution in [1.82, 2.24) is 19.9 Å². The zero-order valence-corrected chi connectivity index (χ0v) is 15.9. The number of aromatic nitrogens is 3. The molecule has 2 aliphatic rings. The van der Waals surface area contributed by atoms with Crippen molar-refractivity contribution in [2.45, 2.75) is 38.3 Å². The third-order valence-corrected chi connectivity index (χ3v) is 5.56. The van der Waals surface area contributed by atoms with Crippen LogP contribution in [0.1, 0.15) is 41.4 Å². The van der Waals surface area contributed by atoms with Crippen molar-refractivity contribution in [3.05, 3.63) is 76.5 Å². The summed E-state index contributed by atoms with van der Waals surface area (Å²) in [4.78, 5) is 16.5. The summed E-state index contributed by atoms with van der Waals surface area (Å²) >= 11 is 6.08. The van der Waals surface area contributed by atoms with E-state index in [0.29, 0.717) is 5.92 Å². The Morgan fingerprint density at radius 3 is 2.78 bits per heavy atom. The molecule has 1 aliphatic carbocycles. The summed E-state index contributed by atoms with van der Waals surface area (Å²) in [5.74, 6) is 1.68. The van der Waals surface area contributed by atoms with Crippen LogP contribution in [0.25, 0.3) is 11.3 Å². The lowest BCUT2D eigenvalue weighted by Crippen LogP contribution is -2.31. The molecule has 1 fully saturated rings. The number of rotatable bonds is 4. The van der Waals surface area contributed by atoms with Crippen LogP contribution in [0.3, 0.4) is 0 Å². The fraction of sp³-hybridized carbons (Fsp3) is 0.318. The molecule has 5 heteroatoms. The molecule has 2 aromatic heterocycles. The molecule has 0 unspecified atom stereocenters. The van der Waals surface area contributed by atoms with Gasteiger partial charge in [-0.2, -0.15) is 0 Å². The van der Waals surface area contributed by atoms with Crippen LogP contribution in [-0.2, 0) is 19.5 Å². The number of hydrogen-bond donors (Lipinski definition) is 0. The first kappa shape index (κ1) is 16.8. The predicted octanol–water partition coefficient (Wildman–Crippen LogP) is 4.63. The van der Waals surface area contributed by atoms with Crippen molar-refractivity contribution in [2.24, 2.45) is 0 Å². The Bertz CT molecular complexity index is 966. The van der Waals surface area contributed by atoms with E-state index in [1.165, 1.54) is 29.7 Å². The molecule has 0 spiro atoms. The Hall–Kier alpha value is -2.30. The van der Waals surface area contributed by atoms with E-state index in [-0.39, 0.29) is 0 Å². The van der Waals surface area contributed by atoms with E-state index in [1.807, 2.05) is 36.7 Å². The quantitative estimate of drug-likeness (QED) is 0.665. The lowest BCUT2D eigenvalue weighted by molar-refractivity contribution is 0.242. The average molecular weight is 377 g/mol. The molecule has 1 aromatic carbocycles. The number of nitrogens with zero attached hydrogens (tertiary/aromatic N) is 4. The number of benzene rings is 1. The maximum absolute atomic E-state index is 6.08. The van der Waals surface area contributed by atoms with Crippen LogP contribution < -0.4 is 0 Å². The largest absolute Gasteiger partial charge is 0.294 e. The average Bonchev–Trinajstić information content (AvgIpc) is 3.53. The molecule has 0 saturated heterocycles. The predicted molar refractivity (Wildman–Crippen MR) is 107 cm³/mol. The van der Waals surface area contributed by atoms with E-state index >= 15 is 0 Å². The van der Waals surface area contributed by atoms with Gasteiger partial charge in [0.2, 0.25) is 0 Å². The van der Waals surface area contributed by atoms with E-state index in [9.17, 15) is 0 Å². The molecule has 1 aliphatic heterocycles. The second-order valence-corrected chi connectivity index (χ2v) is 7.93. The number of hydrogen-bond acceptors (Lipinski definition) is 4. The minimum absolute atomic E-state index is 0.623. The van der Waals surface area contributed by atoms with E-state index < -0.39 is 0 Å². The van der Waals surface area contributed by atoms with Crippen molar-refractivity contribution in [3.8, 4) is 11.3 Å². The van der Waals surface area contributed by atoms with Gasteiger partial charge in [-0.1, -0.05) is 29.8 Å². The highest BCUT2D eigenvalue weighted by atomic mass is 35.5. The van der Waals surface area contributed by atoms with Gasteiger partial charge in [0.25, 0.3) is 0 Å². The molecule has 4 nitrogen and oxygen atoms in total. The Labute approximate surface area is 164 Å². The summed E-state index contributed by atoms with van der Waals surface area (Å²) in [5.41, 5.74) is 5.74. The van der Waals surface area contributed by atoms with Crippen LogP contribution in [-0.4, -0.2) is 26.4 Å². The van der Waals surface area contributed by atoms with Gasteiger partial charge < -0.3 is 0 Å². The van der Waals surface area contributed by atoms with Gasteiger partial charge in [0, 0.05) is 66.2 Å². The zero-order chi connectivity index (χ0) is 18.2. The molecule has 0 amide bonds. The standard InChI is InChI=1S/C22H21ClN4/c23-19-3-1-2-17(10-19)20-7-4-15(11-24-20)13-27-9-8-21-18(14-27)12-25-22(26-21)16-5-6-16/h1-4,7,10-12,16H,5-6,8-9,13-14H2. The van der Waals surface area contributed by atoms with Gasteiger partial charge in [-0.05, 0) is 36.6 Å². The highest BCUT2D eigenvalue weighted by Crippen LogP contribution is 2.38. The van der Waals surface area contributed by atoms with Crippen molar-refractivity contribution >= 4 is 11.6 Å². The summed E-state index contributed by atoms with van der Waals surface area (Å²) in [7, 11) is 0. The molecular weight excluding hydrogens is 356 g/mol. The topological polar surface area (TPSA) is 41.9 Å².